The molecular formula is C11H8Cl2N2O2. The largest absolute Gasteiger partial charge is 0.472 e. The predicted molar refractivity (Wildman–Crippen MR) is 67.5 cm³/mol. The first-order valence-electron chi connectivity index (χ1n) is 4.66. The maximum Gasteiger partial charge on any atom is 0.258 e. The van der Waals surface area contributed by atoms with Crippen LogP contribution in [0.5, 0.6) is 0 Å². The summed E-state index contributed by atoms with van der Waals surface area (Å²) in [7, 11) is 0. The highest BCUT2D eigenvalue weighted by Crippen LogP contribution is 2.31. The number of rotatable bonds is 2. The molecule has 0 aliphatic carbocycles. The Morgan fingerprint density at radius 3 is 2.47 bits per heavy atom. The Balaban J connectivity index is 2.22. The molecule has 17 heavy (non-hydrogen) atoms. The van der Waals surface area contributed by atoms with Crippen molar-refractivity contribution >= 4 is 40.5 Å². The van der Waals surface area contributed by atoms with E-state index >= 15 is 0 Å². The van der Waals surface area contributed by atoms with Gasteiger partial charge >= 0.3 is 0 Å². The lowest BCUT2D eigenvalue weighted by atomic mass is 10.2. The minimum absolute atomic E-state index is 0.287. The molecule has 2 aromatic rings. The van der Waals surface area contributed by atoms with Gasteiger partial charge in [0.1, 0.15) is 6.26 Å². The first-order valence-corrected chi connectivity index (χ1v) is 5.41. The van der Waals surface area contributed by atoms with Gasteiger partial charge in [-0.05, 0) is 18.2 Å². The van der Waals surface area contributed by atoms with Crippen molar-refractivity contribution in [2.45, 2.75) is 0 Å². The highest BCUT2D eigenvalue weighted by molar-refractivity contribution is 6.39. The second kappa shape index (κ2) is 4.69. The summed E-state index contributed by atoms with van der Waals surface area (Å²) < 4.78 is 4.81. The lowest BCUT2D eigenvalue weighted by Gasteiger charge is -2.07. The summed E-state index contributed by atoms with van der Waals surface area (Å²) in [5.74, 6) is -0.310. The molecule has 0 fully saturated rings. The molecular weight excluding hydrogens is 263 g/mol. The zero-order valence-electron chi connectivity index (χ0n) is 8.54. The quantitative estimate of drug-likeness (QED) is 0.822. The van der Waals surface area contributed by atoms with Crippen LogP contribution in [0.25, 0.3) is 0 Å². The summed E-state index contributed by atoms with van der Waals surface area (Å²) in [5.41, 5.74) is 6.76. The summed E-state index contributed by atoms with van der Waals surface area (Å²) >= 11 is 11.7. The molecule has 6 heteroatoms. The van der Waals surface area contributed by atoms with Gasteiger partial charge < -0.3 is 15.5 Å². The molecule has 0 aliphatic rings. The number of nitrogens with two attached hydrogens (primary N) is 1. The molecule has 0 spiro atoms. The standard InChI is InChI=1S/C11H8Cl2N2O2/c12-8-3-7(4-9(13)10(8)14)15-11(16)6-1-2-17-5-6/h1-5H,14H2,(H,15,16). The van der Waals surface area contributed by atoms with E-state index < -0.39 is 0 Å². The third-order valence-corrected chi connectivity index (χ3v) is 2.75. The van der Waals surface area contributed by atoms with E-state index in [9.17, 15) is 4.79 Å². The van der Waals surface area contributed by atoms with Crippen LogP contribution in [0.15, 0.2) is 35.1 Å². The topological polar surface area (TPSA) is 68.3 Å². The van der Waals surface area contributed by atoms with Crippen LogP contribution in [-0.2, 0) is 0 Å². The van der Waals surface area contributed by atoms with Gasteiger partial charge in [-0.25, -0.2) is 0 Å². The fraction of sp³-hybridized carbons (Fsp3) is 0. The van der Waals surface area contributed by atoms with E-state index in [1.807, 2.05) is 0 Å². The Labute approximate surface area is 107 Å². The molecule has 4 nitrogen and oxygen atoms in total. The monoisotopic (exact) mass is 270 g/mol. The highest BCUT2D eigenvalue weighted by atomic mass is 35.5. The van der Waals surface area contributed by atoms with Crippen LogP contribution in [0.2, 0.25) is 10.0 Å². The first-order chi connectivity index (χ1) is 8.08. The third-order valence-electron chi connectivity index (χ3n) is 2.12. The summed E-state index contributed by atoms with van der Waals surface area (Å²) in [6.07, 6.45) is 2.76. The van der Waals surface area contributed by atoms with Crippen molar-refractivity contribution in [3.05, 3.63) is 46.3 Å². The fourth-order valence-electron chi connectivity index (χ4n) is 1.25. The SMILES string of the molecule is Nc1c(Cl)cc(NC(=O)c2ccoc2)cc1Cl. The zero-order valence-corrected chi connectivity index (χ0v) is 10.0. The molecule has 0 saturated carbocycles. The molecule has 3 N–H and O–H groups in total. The number of halogens is 2. The lowest BCUT2D eigenvalue weighted by molar-refractivity contribution is 0.102. The Morgan fingerprint density at radius 1 is 1.29 bits per heavy atom. The van der Waals surface area contributed by atoms with Crippen LogP contribution in [0.3, 0.4) is 0 Å². The molecule has 1 amide bonds. The van der Waals surface area contributed by atoms with Crippen molar-refractivity contribution in [1.29, 1.82) is 0 Å². The predicted octanol–water partition coefficient (Wildman–Crippen LogP) is 3.42. The molecule has 88 valence electrons. The molecule has 1 aromatic heterocycles. The minimum Gasteiger partial charge on any atom is -0.472 e. The third kappa shape index (κ3) is 2.54. The van der Waals surface area contributed by atoms with Gasteiger partial charge in [0, 0.05) is 5.69 Å². The number of benzene rings is 1. The second-order valence-electron chi connectivity index (χ2n) is 3.32. The normalized spacial score (nSPS) is 10.2. The molecule has 0 saturated heterocycles. The highest BCUT2D eigenvalue weighted by Gasteiger charge is 2.10. The van der Waals surface area contributed by atoms with Crippen molar-refractivity contribution in [3.63, 3.8) is 0 Å². The van der Waals surface area contributed by atoms with Gasteiger partial charge in [0.15, 0.2) is 0 Å². The second-order valence-corrected chi connectivity index (χ2v) is 4.13. The Kier molecular flexibility index (Phi) is 3.26. The molecule has 0 atom stereocenters. The van der Waals surface area contributed by atoms with Crippen molar-refractivity contribution in [3.8, 4) is 0 Å². The maximum absolute atomic E-state index is 11.7. The number of amides is 1. The van der Waals surface area contributed by atoms with Gasteiger partial charge in [-0.2, -0.15) is 0 Å². The van der Waals surface area contributed by atoms with Crippen LogP contribution >= 0.6 is 23.2 Å². The number of anilines is 2. The van der Waals surface area contributed by atoms with Crippen molar-refractivity contribution in [1.82, 2.24) is 0 Å². The van der Waals surface area contributed by atoms with E-state index in [1.165, 1.54) is 24.7 Å². The Hall–Kier alpha value is -1.65. The van der Waals surface area contributed by atoms with Crippen molar-refractivity contribution < 1.29 is 9.21 Å². The summed E-state index contributed by atoms with van der Waals surface area (Å²) in [6.45, 7) is 0. The summed E-state index contributed by atoms with van der Waals surface area (Å²) in [4.78, 5) is 11.7. The van der Waals surface area contributed by atoms with E-state index in [1.54, 1.807) is 6.07 Å². The van der Waals surface area contributed by atoms with E-state index in [-0.39, 0.29) is 11.6 Å². The van der Waals surface area contributed by atoms with E-state index in [2.05, 4.69) is 5.32 Å². The van der Waals surface area contributed by atoms with Crippen molar-refractivity contribution in [2.24, 2.45) is 0 Å². The Bertz CT molecular complexity index is 530. The van der Waals surface area contributed by atoms with Crippen molar-refractivity contribution in [2.75, 3.05) is 11.1 Å². The number of carbonyl (C=O) groups is 1. The average Bonchev–Trinajstić information content (AvgIpc) is 2.79. The minimum atomic E-state index is -0.310. The molecule has 1 heterocycles. The molecule has 0 aliphatic heterocycles. The van der Waals surface area contributed by atoms with Crippen LogP contribution in [-0.4, -0.2) is 5.91 Å². The van der Waals surface area contributed by atoms with Crippen LogP contribution in [0, 0.1) is 0 Å². The summed E-state index contributed by atoms with van der Waals surface area (Å²) in [5, 5.41) is 3.21. The zero-order chi connectivity index (χ0) is 12.4. The number of nitrogen functional groups attached to an aromatic ring is 1. The smallest absolute Gasteiger partial charge is 0.258 e. The number of furan rings is 1. The van der Waals surface area contributed by atoms with Gasteiger partial charge in [0.25, 0.3) is 5.91 Å². The van der Waals surface area contributed by atoms with Gasteiger partial charge in [-0.15, -0.1) is 0 Å². The maximum atomic E-state index is 11.7. The molecule has 1 aromatic carbocycles. The molecule has 2 rings (SSSR count). The summed E-state index contributed by atoms with van der Waals surface area (Å²) in [6, 6.07) is 4.61. The van der Waals surface area contributed by atoms with Crippen LogP contribution in [0.4, 0.5) is 11.4 Å². The average molecular weight is 271 g/mol. The van der Waals surface area contributed by atoms with Crippen LogP contribution < -0.4 is 11.1 Å². The molecule has 0 radical (unpaired) electrons. The fourth-order valence-corrected chi connectivity index (χ4v) is 1.74. The molecule has 0 bridgehead atoms. The van der Waals surface area contributed by atoms with Crippen LogP contribution in [0.1, 0.15) is 10.4 Å². The number of nitrogens with one attached hydrogen (secondary N) is 1. The first kappa shape index (κ1) is 11.8. The van der Waals surface area contributed by atoms with E-state index in [0.29, 0.717) is 21.3 Å². The Morgan fingerprint density at radius 2 is 1.94 bits per heavy atom. The number of carbonyl (C=O) groups excluding carboxylic acids is 1. The van der Waals surface area contributed by atoms with Gasteiger partial charge in [-0.1, -0.05) is 23.2 Å². The number of hydrogen-bond acceptors (Lipinski definition) is 3. The molecule has 0 unspecified atom stereocenters. The lowest BCUT2D eigenvalue weighted by Crippen LogP contribution is -2.11. The van der Waals surface area contributed by atoms with Gasteiger partial charge in [0.05, 0.1) is 27.6 Å². The van der Waals surface area contributed by atoms with Gasteiger partial charge in [-0.3, -0.25) is 4.79 Å². The van der Waals surface area contributed by atoms with Gasteiger partial charge in [0.2, 0.25) is 0 Å². The van der Waals surface area contributed by atoms with E-state index in [0.717, 1.165) is 0 Å². The number of hydrogen-bond donors (Lipinski definition) is 2. The van der Waals surface area contributed by atoms with E-state index in [4.69, 9.17) is 33.4 Å².